The number of nitrogens with one attached hydrogen (secondary N) is 2. The lowest BCUT2D eigenvalue weighted by Crippen LogP contribution is -2.37. The van der Waals surface area contributed by atoms with Crippen LogP contribution in [0.5, 0.6) is 0 Å². The molecule has 1 fully saturated rings. The minimum Gasteiger partial charge on any atom is -0.295 e. The quantitative estimate of drug-likeness (QED) is 0.669. The predicted molar refractivity (Wildman–Crippen MR) is 84.9 cm³/mol. The minimum atomic E-state index is -0.744. The first kappa shape index (κ1) is 15.3. The number of carbonyl (C=O) groups is 2. The third-order valence-electron chi connectivity index (χ3n) is 3.77. The van der Waals surface area contributed by atoms with Gasteiger partial charge in [-0.1, -0.05) is 42.5 Å². The van der Waals surface area contributed by atoms with E-state index in [2.05, 4.69) is 10.9 Å². The fourth-order valence-corrected chi connectivity index (χ4v) is 2.77. The summed E-state index contributed by atoms with van der Waals surface area (Å²) in [5.74, 6) is -0.913. The van der Waals surface area contributed by atoms with Crippen LogP contribution >= 0.6 is 0 Å². The number of hydrazine groups is 1. The number of Topliss-reactive ketones (excluding diaryl/α,β-unsaturated/α-hetero) is 1. The molecule has 5 heteroatoms. The number of halogens is 1. The van der Waals surface area contributed by atoms with Crippen LogP contribution in [0.4, 0.5) is 4.39 Å². The molecule has 1 heterocycles. The predicted octanol–water partition coefficient (Wildman–Crippen LogP) is 1.87. The molecule has 4 nitrogen and oxygen atoms in total. The summed E-state index contributed by atoms with van der Waals surface area (Å²) in [4.78, 5) is 22.8. The summed E-state index contributed by atoms with van der Waals surface area (Å²) in [7, 11) is 0. The second kappa shape index (κ2) is 6.64. The molecule has 0 spiro atoms. The van der Waals surface area contributed by atoms with E-state index in [1.807, 2.05) is 30.3 Å². The monoisotopic (exact) mass is 310 g/mol. The summed E-state index contributed by atoms with van der Waals surface area (Å²) in [5, 5.41) is 0. The summed E-state index contributed by atoms with van der Waals surface area (Å²) >= 11 is 0. The van der Waals surface area contributed by atoms with Crippen LogP contribution in [0.3, 0.4) is 0 Å². The van der Waals surface area contributed by atoms with Crippen molar-refractivity contribution in [1.29, 1.82) is 0 Å². The lowest BCUT2D eigenvalue weighted by atomic mass is 9.89. The molecule has 0 amide bonds. The van der Waals surface area contributed by atoms with Crippen LogP contribution in [-0.4, -0.2) is 24.7 Å². The third kappa shape index (κ3) is 3.11. The van der Waals surface area contributed by atoms with E-state index in [0.29, 0.717) is 18.4 Å². The molecule has 3 rings (SSSR count). The van der Waals surface area contributed by atoms with Gasteiger partial charge in [-0.3, -0.25) is 15.0 Å². The van der Waals surface area contributed by atoms with Crippen molar-refractivity contribution in [2.45, 2.75) is 6.04 Å². The Morgan fingerprint density at radius 1 is 1.09 bits per heavy atom. The fourth-order valence-electron chi connectivity index (χ4n) is 2.77. The van der Waals surface area contributed by atoms with E-state index < -0.39 is 11.8 Å². The van der Waals surface area contributed by atoms with Crippen LogP contribution in [0.1, 0.15) is 11.1 Å². The molecule has 2 N–H and O–H groups in total. The first-order chi connectivity index (χ1) is 11.2. The van der Waals surface area contributed by atoms with Crippen LogP contribution < -0.4 is 10.9 Å². The molecule has 0 saturated carbocycles. The van der Waals surface area contributed by atoms with E-state index in [9.17, 15) is 14.0 Å². The molecular formula is C18H15FN2O2. The van der Waals surface area contributed by atoms with Crippen molar-refractivity contribution < 1.29 is 14.0 Å². The zero-order chi connectivity index (χ0) is 16.2. The lowest BCUT2D eigenvalue weighted by molar-refractivity contribution is -0.130. The molecule has 1 aliphatic rings. The SMILES string of the molecule is O=CC(=O)C1NNC/C1=C(/c1ccccc1)c1cccc(F)c1. The Hall–Kier alpha value is -2.63. The number of hydrogen-bond donors (Lipinski definition) is 2. The van der Waals surface area contributed by atoms with E-state index in [1.54, 1.807) is 12.1 Å². The van der Waals surface area contributed by atoms with Gasteiger partial charge >= 0.3 is 0 Å². The highest BCUT2D eigenvalue weighted by Gasteiger charge is 2.30. The molecule has 1 atom stereocenters. The summed E-state index contributed by atoms with van der Waals surface area (Å²) < 4.78 is 13.7. The van der Waals surface area contributed by atoms with Gasteiger partial charge in [-0.2, -0.15) is 0 Å². The van der Waals surface area contributed by atoms with Crippen molar-refractivity contribution in [3.05, 3.63) is 77.1 Å². The van der Waals surface area contributed by atoms with E-state index in [0.717, 1.165) is 16.7 Å². The first-order valence-corrected chi connectivity index (χ1v) is 7.22. The normalized spacial score (nSPS) is 19.4. The van der Waals surface area contributed by atoms with Crippen molar-refractivity contribution in [2.75, 3.05) is 6.54 Å². The van der Waals surface area contributed by atoms with Gasteiger partial charge in [-0.05, 0) is 34.4 Å². The topological polar surface area (TPSA) is 58.2 Å². The lowest BCUT2D eigenvalue weighted by Gasteiger charge is -2.15. The highest BCUT2D eigenvalue weighted by molar-refractivity contribution is 6.29. The molecule has 1 saturated heterocycles. The van der Waals surface area contributed by atoms with Crippen LogP contribution in [0.15, 0.2) is 60.2 Å². The van der Waals surface area contributed by atoms with Crippen LogP contribution in [-0.2, 0) is 9.59 Å². The summed E-state index contributed by atoms with van der Waals surface area (Å²) in [6.45, 7) is 0.394. The van der Waals surface area contributed by atoms with Gasteiger partial charge < -0.3 is 0 Å². The third-order valence-corrected chi connectivity index (χ3v) is 3.77. The largest absolute Gasteiger partial charge is 0.295 e. The van der Waals surface area contributed by atoms with Crippen molar-refractivity contribution in [3.63, 3.8) is 0 Å². The molecule has 0 aliphatic carbocycles. The van der Waals surface area contributed by atoms with Crippen LogP contribution in [0.2, 0.25) is 0 Å². The second-order valence-electron chi connectivity index (χ2n) is 5.23. The molecule has 0 bridgehead atoms. The molecular weight excluding hydrogens is 295 g/mol. The number of rotatable bonds is 4. The standard InChI is InChI=1S/C18H15FN2O2/c19-14-8-4-7-13(9-14)17(12-5-2-1-3-6-12)15-10-20-21-18(15)16(23)11-22/h1-9,11,18,20-21H,10H2/b17-15+. The van der Waals surface area contributed by atoms with Gasteiger partial charge in [0, 0.05) is 6.54 Å². The van der Waals surface area contributed by atoms with Gasteiger partial charge in [-0.15, -0.1) is 0 Å². The van der Waals surface area contributed by atoms with Gasteiger partial charge in [0.05, 0.1) is 0 Å². The minimum absolute atomic E-state index is 0.304. The molecule has 2 aromatic carbocycles. The first-order valence-electron chi connectivity index (χ1n) is 7.22. The van der Waals surface area contributed by atoms with Gasteiger partial charge in [-0.25, -0.2) is 9.82 Å². The summed E-state index contributed by atoms with van der Waals surface area (Å²) in [5.41, 5.74) is 8.70. The Kier molecular flexibility index (Phi) is 4.41. The van der Waals surface area contributed by atoms with Gasteiger partial charge in [0.1, 0.15) is 11.9 Å². The Morgan fingerprint density at radius 2 is 1.83 bits per heavy atom. The van der Waals surface area contributed by atoms with Crippen molar-refractivity contribution in [3.8, 4) is 0 Å². The number of hydrogen-bond acceptors (Lipinski definition) is 4. The number of aldehydes is 1. The van der Waals surface area contributed by atoms with Crippen molar-refractivity contribution in [1.82, 2.24) is 10.9 Å². The fraction of sp³-hybridized carbons (Fsp3) is 0.111. The average Bonchev–Trinajstić information content (AvgIpc) is 3.05. The number of ketones is 1. The second-order valence-corrected chi connectivity index (χ2v) is 5.23. The maximum atomic E-state index is 13.7. The van der Waals surface area contributed by atoms with Gasteiger partial charge in [0.25, 0.3) is 0 Å². The molecule has 116 valence electrons. The zero-order valence-corrected chi connectivity index (χ0v) is 12.3. The summed E-state index contributed by atoms with van der Waals surface area (Å²) in [6, 6.07) is 14.9. The average molecular weight is 310 g/mol. The highest BCUT2D eigenvalue weighted by atomic mass is 19.1. The van der Waals surface area contributed by atoms with Crippen LogP contribution in [0, 0.1) is 5.82 Å². The van der Waals surface area contributed by atoms with Crippen molar-refractivity contribution in [2.24, 2.45) is 0 Å². The Balaban J connectivity index is 2.21. The van der Waals surface area contributed by atoms with Gasteiger partial charge in [0.2, 0.25) is 5.78 Å². The van der Waals surface area contributed by atoms with Crippen molar-refractivity contribution >= 4 is 17.6 Å². The number of carbonyl (C=O) groups excluding carboxylic acids is 2. The molecule has 0 radical (unpaired) electrons. The molecule has 1 unspecified atom stereocenters. The number of benzene rings is 2. The Bertz CT molecular complexity index is 772. The van der Waals surface area contributed by atoms with E-state index in [1.165, 1.54) is 12.1 Å². The Labute approximate surface area is 133 Å². The summed E-state index contributed by atoms with van der Waals surface area (Å²) in [6.07, 6.45) is 0.304. The molecule has 0 aromatic heterocycles. The molecule has 23 heavy (non-hydrogen) atoms. The molecule has 1 aliphatic heterocycles. The van der Waals surface area contributed by atoms with E-state index >= 15 is 0 Å². The van der Waals surface area contributed by atoms with Gasteiger partial charge in [0.15, 0.2) is 6.29 Å². The van der Waals surface area contributed by atoms with E-state index in [-0.39, 0.29) is 5.82 Å². The van der Waals surface area contributed by atoms with E-state index in [4.69, 9.17) is 0 Å². The molecule has 2 aromatic rings. The van der Waals surface area contributed by atoms with Crippen LogP contribution in [0.25, 0.3) is 5.57 Å². The Morgan fingerprint density at radius 3 is 2.52 bits per heavy atom. The maximum absolute atomic E-state index is 13.7. The smallest absolute Gasteiger partial charge is 0.217 e. The maximum Gasteiger partial charge on any atom is 0.217 e. The highest BCUT2D eigenvalue weighted by Crippen LogP contribution is 2.30. The zero-order valence-electron chi connectivity index (χ0n) is 12.3.